The Balaban J connectivity index is 1.51. The van der Waals surface area contributed by atoms with Crippen LogP contribution in [0.5, 0.6) is 0 Å². The van der Waals surface area contributed by atoms with Gasteiger partial charge in [0, 0.05) is 44.6 Å². The predicted molar refractivity (Wildman–Crippen MR) is 132 cm³/mol. The number of aromatic nitrogens is 2. The zero-order valence-corrected chi connectivity index (χ0v) is 19.4. The van der Waals surface area contributed by atoms with E-state index in [4.69, 9.17) is 9.97 Å². The van der Waals surface area contributed by atoms with Crippen molar-refractivity contribution in [3.63, 3.8) is 0 Å². The quantitative estimate of drug-likeness (QED) is 0.553. The molecule has 2 aliphatic rings. The van der Waals surface area contributed by atoms with E-state index >= 15 is 0 Å². The Kier molecular flexibility index (Phi) is 5.83. The molecule has 6 nitrogen and oxygen atoms in total. The molecule has 7 heteroatoms. The number of aryl methyl sites for hydroxylation is 2. The summed E-state index contributed by atoms with van der Waals surface area (Å²) in [6.45, 7) is 7.33. The monoisotopic (exact) mass is 447 g/mol. The number of rotatable bonds is 5. The van der Waals surface area contributed by atoms with Gasteiger partial charge in [0.25, 0.3) is 0 Å². The lowest BCUT2D eigenvalue weighted by Gasteiger charge is -2.35. The second-order valence-electron chi connectivity index (χ2n) is 8.60. The van der Waals surface area contributed by atoms with Gasteiger partial charge >= 0.3 is 0 Å². The van der Waals surface area contributed by atoms with Crippen molar-refractivity contribution in [3.05, 3.63) is 59.0 Å². The van der Waals surface area contributed by atoms with E-state index in [-0.39, 0.29) is 5.91 Å². The Hall–Kier alpha value is -2.93. The summed E-state index contributed by atoms with van der Waals surface area (Å²) in [5.41, 5.74) is 2.69. The van der Waals surface area contributed by atoms with E-state index in [2.05, 4.69) is 47.7 Å². The smallest absolute Gasteiger partial charge is 0.246 e. The van der Waals surface area contributed by atoms with Crippen LogP contribution in [0.15, 0.2) is 43.0 Å². The van der Waals surface area contributed by atoms with Crippen molar-refractivity contribution in [2.75, 3.05) is 43.0 Å². The van der Waals surface area contributed by atoms with Gasteiger partial charge in [-0.2, -0.15) is 4.98 Å². The van der Waals surface area contributed by atoms with Gasteiger partial charge in [-0.05, 0) is 42.9 Å². The number of nitrogens with zero attached hydrogens (tertiary/aromatic N) is 5. The largest absolute Gasteiger partial charge is 0.352 e. The molecule has 1 aliphatic carbocycles. The van der Waals surface area contributed by atoms with E-state index in [0.717, 1.165) is 49.1 Å². The number of anilines is 2. The summed E-state index contributed by atoms with van der Waals surface area (Å²) in [7, 11) is 2.06. The maximum atomic E-state index is 12.0. The molecule has 1 saturated heterocycles. The van der Waals surface area contributed by atoms with Gasteiger partial charge in [-0.1, -0.05) is 36.9 Å². The van der Waals surface area contributed by atoms with Crippen molar-refractivity contribution >= 4 is 39.2 Å². The number of fused-ring (bicyclic) bond motifs is 3. The van der Waals surface area contributed by atoms with Crippen molar-refractivity contribution < 1.29 is 4.79 Å². The average Bonchev–Trinajstić information content (AvgIpc) is 3.22. The second kappa shape index (κ2) is 8.90. The summed E-state index contributed by atoms with van der Waals surface area (Å²) >= 11 is 1.84. The first-order chi connectivity index (χ1) is 15.6. The molecule has 32 heavy (non-hydrogen) atoms. The first kappa shape index (κ1) is 20.9. The highest BCUT2D eigenvalue weighted by atomic mass is 32.1. The molecule has 0 unspecified atom stereocenters. The topological polar surface area (TPSA) is 52.6 Å². The molecule has 0 radical (unpaired) electrons. The summed E-state index contributed by atoms with van der Waals surface area (Å²) in [4.78, 5) is 31.1. The molecule has 5 rings (SSSR count). The molecular formula is C25H29N5OS. The van der Waals surface area contributed by atoms with Gasteiger partial charge in [0.05, 0.1) is 5.39 Å². The molecular weight excluding hydrogens is 418 g/mol. The van der Waals surface area contributed by atoms with Crippen molar-refractivity contribution in [3.8, 4) is 0 Å². The SMILES string of the molecule is C=CC(=O)N1CCN(c2nc(N(C)Cc3ccccc3)nc3sc4c(c23)CCCC4)CC1. The fourth-order valence-corrected chi connectivity index (χ4v) is 5.97. The van der Waals surface area contributed by atoms with Gasteiger partial charge in [0.1, 0.15) is 10.6 Å². The average molecular weight is 448 g/mol. The maximum Gasteiger partial charge on any atom is 0.246 e. The van der Waals surface area contributed by atoms with Crippen molar-refractivity contribution in [1.82, 2.24) is 14.9 Å². The molecule has 1 aromatic carbocycles. The Bertz CT molecular complexity index is 1130. The standard InChI is InChI=1S/C25H29N5OS/c1-3-21(31)29-13-15-30(16-14-29)23-22-19-11-7-8-12-20(19)32-24(22)27-25(26-23)28(2)17-18-9-5-4-6-10-18/h3-6,9-10H,1,7-8,11-17H2,2H3. The molecule has 1 aliphatic heterocycles. The Labute approximate surface area is 193 Å². The molecule has 3 aromatic rings. The van der Waals surface area contributed by atoms with E-state index in [9.17, 15) is 4.79 Å². The normalized spacial score (nSPS) is 16.2. The third-order valence-electron chi connectivity index (χ3n) is 6.45. The van der Waals surface area contributed by atoms with E-state index < -0.39 is 0 Å². The Morgan fingerprint density at radius 1 is 1.12 bits per heavy atom. The number of benzene rings is 1. The van der Waals surface area contributed by atoms with Crippen molar-refractivity contribution in [2.45, 2.75) is 32.2 Å². The molecule has 166 valence electrons. The van der Waals surface area contributed by atoms with Crippen molar-refractivity contribution in [1.29, 1.82) is 0 Å². The van der Waals surface area contributed by atoms with Crippen LogP contribution in [0.3, 0.4) is 0 Å². The van der Waals surface area contributed by atoms with Crippen LogP contribution < -0.4 is 9.80 Å². The van der Waals surface area contributed by atoms with E-state index in [1.807, 2.05) is 22.3 Å². The summed E-state index contributed by atoms with van der Waals surface area (Å²) in [5, 5.41) is 1.24. The van der Waals surface area contributed by atoms with Gasteiger partial charge < -0.3 is 14.7 Å². The van der Waals surface area contributed by atoms with E-state index in [1.54, 1.807) is 0 Å². The fourth-order valence-electron chi connectivity index (χ4n) is 4.72. The molecule has 3 heterocycles. The molecule has 2 aromatic heterocycles. The minimum absolute atomic E-state index is 0.00804. The molecule has 1 fully saturated rings. The third-order valence-corrected chi connectivity index (χ3v) is 7.64. The van der Waals surface area contributed by atoms with Crippen LogP contribution in [-0.2, 0) is 24.2 Å². The van der Waals surface area contributed by atoms with Crippen LogP contribution >= 0.6 is 11.3 Å². The minimum Gasteiger partial charge on any atom is -0.352 e. The van der Waals surface area contributed by atoms with Crippen LogP contribution in [0, 0.1) is 0 Å². The first-order valence-electron chi connectivity index (χ1n) is 11.4. The van der Waals surface area contributed by atoms with Crippen LogP contribution in [0.25, 0.3) is 10.2 Å². The molecule has 0 N–H and O–H groups in total. The Morgan fingerprint density at radius 2 is 1.88 bits per heavy atom. The number of carbonyl (C=O) groups is 1. The zero-order chi connectivity index (χ0) is 22.1. The lowest BCUT2D eigenvalue weighted by atomic mass is 9.97. The molecule has 0 saturated carbocycles. The van der Waals surface area contributed by atoms with Crippen LogP contribution in [0.4, 0.5) is 11.8 Å². The summed E-state index contributed by atoms with van der Waals surface area (Å²) in [6, 6.07) is 10.4. The van der Waals surface area contributed by atoms with Crippen LogP contribution in [0.1, 0.15) is 28.8 Å². The Morgan fingerprint density at radius 3 is 2.62 bits per heavy atom. The zero-order valence-electron chi connectivity index (χ0n) is 18.6. The lowest BCUT2D eigenvalue weighted by molar-refractivity contribution is -0.126. The van der Waals surface area contributed by atoms with Gasteiger partial charge in [-0.15, -0.1) is 11.3 Å². The van der Waals surface area contributed by atoms with Gasteiger partial charge in [-0.25, -0.2) is 4.98 Å². The number of hydrogen-bond donors (Lipinski definition) is 0. The number of hydrogen-bond acceptors (Lipinski definition) is 6. The van der Waals surface area contributed by atoms with Crippen LogP contribution in [-0.4, -0.2) is 54.0 Å². The molecule has 0 spiro atoms. The lowest BCUT2D eigenvalue weighted by Crippen LogP contribution is -2.48. The number of amides is 1. The number of carbonyl (C=O) groups excluding carboxylic acids is 1. The highest BCUT2D eigenvalue weighted by Gasteiger charge is 2.27. The maximum absolute atomic E-state index is 12.0. The first-order valence-corrected chi connectivity index (χ1v) is 12.2. The summed E-state index contributed by atoms with van der Waals surface area (Å²) in [6.07, 6.45) is 6.15. The summed E-state index contributed by atoms with van der Waals surface area (Å²) in [5.74, 6) is 1.81. The van der Waals surface area contributed by atoms with Crippen LogP contribution in [0.2, 0.25) is 0 Å². The van der Waals surface area contributed by atoms with Gasteiger partial charge in [0.2, 0.25) is 11.9 Å². The fraction of sp³-hybridized carbons (Fsp3) is 0.400. The second-order valence-corrected chi connectivity index (χ2v) is 9.68. The minimum atomic E-state index is 0.00804. The highest BCUT2D eigenvalue weighted by molar-refractivity contribution is 7.19. The number of thiophene rings is 1. The molecule has 1 amide bonds. The van der Waals surface area contributed by atoms with Gasteiger partial charge in [0.15, 0.2) is 0 Å². The molecule has 0 atom stereocenters. The number of piperazine rings is 1. The highest BCUT2D eigenvalue weighted by Crippen LogP contribution is 2.41. The van der Waals surface area contributed by atoms with Crippen molar-refractivity contribution in [2.24, 2.45) is 0 Å². The third kappa shape index (κ3) is 3.97. The van der Waals surface area contributed by atoms with E-state index in [0.29, 0.717) is 13.1 Å². The van der Waals surface area contributed by atoms with Gasteiger partial charge in [-0.3, -0.25) is 4.79 Å². The summed E-state index contributed by atoms with van der Waals surface area (Å²) < 4.78 is 0. The predicted octanol–water partition coefficient (Wildman–Crippen LogP) is 4.04. The van der Waals surface area contributed by atoms with E-state index in [1.165, 1.54) is 40.3 Å². The molecule has 0 bridgehead atoms.